The van der Waals surface area contributed by atoms with Crippen molar-refractivity contribution in [2.45, 2.75) is 26.4 Å². The number of esters is 1. The van der Waals surface area contributed by atoms with Crippen LogP contribution in [0.3, 0.4) is 0 Å². The maximum Gasteiger partial charge on any atom is 0.339 e. The van der Waals surface area contributed by atoms with Crippen LogP contribution in [-0.2, 0) is 4.74 Å². The van der Waals surface area contributed by atoms with Gasteiger partial charge in [0.25, 0.3) is 0 Å². The average molecular weight is 308 g/mol. The molecule has 23 heavy (non-hydrogen) atoms. The molecule has 0 amide bonds. The molecule has 0 atom stereocenters. The highest BCUT2D eigenvalue weighted by atomic mass is 16.6. The topological polar surface area (TPSA) is 35.5 Å². The normalized spacial score (nSPS) is 10.4. The molecule has 0 aliphatic heterocycles. The molecular formula is C20H20O3. The van der Waals surface area contributed by atoms with Gasteiger partial charge in [-0.2, -0.15) is 0 Å². The predicted octanol–water partition coefficient (Wildman–Crippen LogP) is 4.05. The number of hydrogen-bond acceptors (Lipinski definition) is 3. The van der Waals surface area contributed by atoms with Crippen LogP contribution in [-0.4, -0.2) is 18.7 Å². The Labute approximate surface area is 137 Å². The predicted molar refractivity (Wildman–Crippen MR) is 90.6 cm³/mol. The van der Waals surface area contributed by atoms with Crippen LogP contribution in [0.15, 0.2) is 48.5 Å². The third-order valence-electron chi connectivity index (χ3n) is 2.96. The van der Waals surface area contributed by atoms with Crippen molar-refractivity contribution in [1.29, 1.82) is 0 Å². The van der Waals surface area contributed by atoms with E-state index < -0.39 is 5.60 Å². The number of carbonyl (C=O) groups excluding carboxylic acids is 1. The average Bonchev–Trinajstić information content (AvgIpc) is 2.52. The van der Waals surface area contributed by atoms with E-state index in [4.69, 9.17) is 9.47 Å². The summed E-state index contributed by atoms with van der Waals surface area (Å²) in [7, 11) is 1.62. The van der Waals surface area contributed by atoms with Gasteiger partial charge in [0, 0.05) is 11.1 Å². The van der Waals surface area contributed by atoms with Crippen molar-refractivity contribution < 1.29 is 14.3 Å². The first-order valence-electron chi connectivity index (χ1n) is 7.37. The van der Waals surface area contributed by atoms with Crippen LogP contribution < -0.4 is 4.74 Å². The van der Waals surface area contributed by atoms with Crippen molar-refractivity contribution in [1.82, 2.24) is 0 Å². The SMILES string of the molecule is COc1cccc(C#Cc2ccccc2C(=O)OC(C)(C)C)c1. The first-order valence-corrected chi connectivity index (χ1v) is 7.37. The van der Waals surface area contributed by atoms with E-state index in [1.54, 1.807) is 19.2 Å². The third kappa shape index (κ3) is 4.89. The lowest BCUT2D eigenvalue weighted by atomic mass is 10.1. The summed E-state index contributed by atoms with van der Waals surface area (Å²) in [5.41, 5.74) is 1.40. The van der Waals surface area contributed by atoms with Gasteiger partial charge in [-0.1, -0.05) is 30.0 Å². The number of hydrogen-bond donors (Lipinski definition) is 0. The molecule has 0 spiro atoms. The van der Waals surface area contributed by atoms with Crippen molar-refractivity contribution in [3.63, 3.8) is 0 Å². The number of ether oxygens (including phenoxy) is 2. The lowest BCUT2D eigenvalue weighted by Crippen LogP contribution is -2.24. The van der Waals surface area contributed by atoms with E-state index in [-0.39, 0.29) is 5.97 Å². The summed E-state index contributed by atoms with van der Waals surface area (Å²) in [6.07, 6.45) is 0. The summed E-state index contributed by atoms with van der Waals surface area (Å²) in [6.45, 7) is 5.53. The molecule has 0 unspecified atom stereocenters. The van der Waals surface area contributed by atoms with E-state index in [1.807, 2.05) is 57.2 Å². The van der Waals surface area contributed by atoms with Crippen molar-refractivity contribution >= 4 is 5.97 Å². The van der Waals surface area contributed by atoms with E-state index >= 15 is 0 Å². The number of methoxy groups -OCH3 is 1. The summed E-state index contributed by atoms with van der Waals surface area (Å²) >= 11 is 0. The van der Waals surface area contributed by atoms with Gasteiger partial charge in [-0.15, -0.1) is 0 Å². The Bertz CT molecular complexity index is 758. The quantitative estimate of drug-likeness (QED) is 0.620. The lowest BCUT2D eigenvalue weighted by molar-refractivity contribution is 0.00692. The Balaban J connectivity index is 2.31. The first kappa shape index (κ1) is 16.6. The standard InChI is InChI=1S/C20H20O3/c1-20(2,3)23-19(21)18-11-6-5-9-16(18)13-12-15-8-7-10-17(14-15)22-4/h5-11,14H,1-4H3. The largest absolute Gasteiger partial charge is 0.497 e. The molecule has 0 aliphatic carbocycles. The molecule has 2 aromatic rings. The van der Waals surface area contributed by atoms with Gasteiger partial charge in [-0.25, -0.2) is 4.79 Å². The number of benzene rings is 2. The first-order chi connectivity index (χ1) is 10.9. The highest BCUT2D eigenvalue weighted by Crippen LogP contribution is 2.16. The molecule has 0 aliphatic rings. The smallest absolute Gasteiger partial charge is 0.339 e. The molecule has 2 rings (SSSR count). The molecule has 0 fully saturated rings. The maximum atomic E-state index is 12.3. The van der Waals surface area contributed by atoms with E-state index in [0.29, 0.717) is 11.1 Å². The molecule has 0 saturated carbocycles. The van der Waals surface area contributed by atoms with Gasteiger partial charge in [0.05, 0.1) is 12.7 Å². The van der Waals surface area contributed by atoms with Crippen LogP contribution in [0.25, 0.3) is 0 Å². The molecule has 3 nitrogen and oxygen atoms in total. The zero-order valence-electron chi connectivity index (χ0n) is 13.8. The van der Waals surface area contributed by atoms with Gasteiger partial charge in [-0.3, -0.25) is 0 Å². The second-order valence-corrected chi connectivity index (χ2v) is 6.03. The summed E-state index contributed by atoms with van der Waals surface area (Å²) in [4.78, 5) is 12.3. The van der Waals surface area contributed by atoms with Gasteiger partial charge in [-0.05, 0) is 51.1 Å². The second kappa shape index (κ2) is 7.02. The molecule has 0 heterocycles. The minimum Gasteiger partial charge on any atom is -0.497 e. The van der Waals surface area contributed by atoms with Crippen LogP contribution in [0.4, 0.5) is 0 Å². The highest BCUT2D eigenvalue weighted by Gasteiger charge is 2.19. The van der Waals surface area contributed by atoms with E-state index in [9.17, 15) is 4.79 Å². The fourth-order valence-electron chi connectivity index (χ4n) is 1.94. The Morgan fingerprint density at radius 2 is 1.74 bits per heavy atom. The molecule has 0 radical (unpaired) electrons. The van der Waals surface area contributed by atoms with Crippen molar-refractivity contribution in [2.75, 3.05) is 7.11 Å². The Morgan fingerprint density at radius 1 is 1.00 bits per heavy atom. The second-order valence-electron chi connectivity index (χ2n) is 6.03. The molecule has 0 bridgehead atoms. The fraction of sp³-hybridized carbons (Fsp3) is 0.250. The van der Waals surface area contributed by atoms with Gasteiger partial charge >= 0.3 is 5.97 Å². The van der Waals surface area contributed by atoms with Crippen LogP contribution in [0.2, 0.25) is 0 Å². The Morgan fingerprint density at radius 3 is 2.43 bits per heavy atom. The van der Waals surface area contributed by atoms with Crippen LogP contribution in [0, 0.1) is 11.8 Å². The maximum absolute atomic E-state index is 12.3. The highest BCUT2D eigenvalue weighted by molar-refractivity contribution is 5.92. The molecular weight excluding hydrogens is 288 g/mol. The number of carbonyl (C=O) groups is 1. The van der Waals surface area contributed by atoms with Crippen LogP contribution in [0.1, 0.15) is 42.3 Å². The molecule has 0 saturated heterocycles. The summed E-state index contributed by atoms with van der Waals surface area (Å²) in [6, 6.07) is 14.7. The zero-order valence-corrected chi connectivity index (χ0v) is 13.8. The minimum absolute atomic E-state index is 0.368. The lowest BCUT2D eigenvalue weighted by Gasteiger charge is -2.19. The van der Waals surface area contributed by atoms with Crippen molar-refractivity contribution in [2.24, 2.45) is 0 Å². The molecule has 0 N–H and O–H groups in total. The molecule has 118 valence electrons. The van der Waals surface area contributed by atoms with Gasteiger partial charge in [0.1, 0.15) is 11.4 Å². The van der Waals surface area contributed by atoms with E-state index in [0.717, 1.165) is 11.3 Å². The monoisotopic (exact) mass is 308 g/mol. The van der Waals surface area contributed by atoms with Crippen molar-refractivity contribution in [3.05, 3.63) is 65.2 Å². The van der Waals surface area contributed by atoms with E-state index in [2.05, 4.69) is 11.8 Å². The third-order valence-corrected chi connectivity index (χ3v) is 2.96. The molecule has 3 heteroatoms. The number of rotatable bonds is 2. The summed E-state index contributed by atoms with van der Waals surface area (Å²) in [5.74, 6) is 6.48. The zero-order chi connectivity index (χ0) is 16.9. The minimum atomic E-state index is -0.537. The summed E-state index contributed by atoms with van der Waals surface area (Å²) in [5, 5.41) is 0. The van der Waals surface area contributed by atoms with Gasteiger partial charge in [0.2, 0.25) is 0 Å². The van der Waals surface area contributed by atoms with Crippen LogP contribution >= 0.6 is 0 Å². The van der Waals surface area contributed by atoms with Gasteiger partial charge in [0.15, 0.2) is 0 Å². The summed E-state index contributed by atoms with van der Waals surface area (Å²) < 4.78 is 10.6. The Hall–Kier alpha value is -2.73. The Kier molecular flexibility index (Phi) is 5.08. The molecule has 0 aromatic heterocycles. The van der Waals surface area contributed by atoms with Crippen LogP contribution in [0.5, 0.6) is 5.75 Å². The van der Waals surface area contributed by atoms with Crippen molar-refractivity contribution in [3.8, 4) is 17.6 Å². The molecule has 2 aromatic carbocycles. The van der Waals surface area contributed by atoms with Gasteiger partial charge < -0.3 is 9.47 Å². The van der Waals surface area contributed by atoms with E-state index in [1.165, 1.54) is 0 Å². The fourth-order valence-corrected chi connectivity index (χ4v) is 1.94.